The number of oxime groups is 1. The van der Waals surface area contributed by atoms with Crippen LogP contribution in [-0.4, -0.2) is 18.9 Å². The van der Waals surface area contributed by atoms with E-state index in [9.17, 15) is 0 Å². The van der Waals surface area contributed by atoms with E-state index in [1.807, 2.05) is 30.3 Å². The molecule has 0 bridgehead atoms. The Morgan fingerprint density at radius 2 is 1.76 bits per heavy atom. The number of hydrogen-bond donors (Lipinski definition) is 0. The lowest BCUT2D eigenvalue weighted by Gasteiger charge is -2.15. The van der Waals surface area contributed by atoms with Gasteiger partial charge in [0.05, 0.1) is 18.7 Å². The van der Waals surface area contributed by atoms with E-state index in [0.29, 0.717) is 5.92 Å². The first-order chi connectivity index (χ1) is 10.2. The molecule has 2 aromatic rings. The molecule has 0 aromatic heterocycles. The summed E-state index contributed by atoms with van der Waals surface area (Å²) >= 11 is 0. The largest absolute Gasteiger partial charge is 0.497 e. The minimum Gasteiger partial charge on any atom is -0.497 e. The molecular formula is C18H17NO2. The normalized spacial score (nSPS) is 29.3. The molecule has 1 aliphatic heterocycles. The van der Waals surface area contributed by atoms with Crippen LogP contribution in [0.15, 0.2) is 59.8 Å². The Kier molecular flexibility index (Phi) is 2.58. The summed E-state index contributed by atoms with van der Waals surface area (Å²) in [6.07, 6.45) is 0.164. The number of methoxy groups -OCH3 is 1. The van der Waals surface area contributed by atoms with Gasteiger partial charge in [-0.05, 0) is 29.8 Å². The second-order valence-corrected chi connectivity index (χ2v) is 5.86. The van der Waals surface area contributed by atoms with Gasteiger partial charge in [-0.1, -0.05) is 42.4 Å². The van der Waals surface area contributed by atoms with Crippen molar-refractivity contribution in [2.75, 3.05) is 7.11 Å². The second-order valence-electron chi connectivity index (χ2n) is 5.86. The quantitative estimate of drug-likeness (QED) is 0.862. The van der Waals surface area contributed by atoms with Crippen molar-refractivity contribution in [1.82, 2.24) is 0 Å². The molecule has 3 nitrogen and oxygen atoms in total. The van der Waals surface area contributed by atoms with E-state index >= 15 is 0 Å². The number of hydrogen-bond acceptors (Lipinski definition) is 3. The van der Waals surface area contributed by atoms with Gasteiger partial charge in [-0.15, -0.1) is 0 Å². The zero-order chi connectivity index (χ0) is 14.4. The standard InChI is InChI=1S/C18H17NO2/c1-18(13-6-4-3-5-7-13)15-16(19-21-17(15)18)12-8-10-14(20-2)11-9-12/h3-11,15,17H,1-2H3/t15-,17+,18+/m1/s1. The van der Waals surface area contributed by atoms with E-state index in [1.54, 1.807) is 7.11 Å². The van der Waals surface area contributed by atoms with Crippen molar-refractivity contribution in [2.24, 2.45) is 11.1 Å². The SMILES string of the molecule is COc1ccc(C2=NO[C@H]3[C@@H]2[C@]3(C)c2ccccc2)cc1. The van der Waals surface area contributed by atoms with Gasteiger partial charge in [0.15, 0.2) is 0 Å². The molecule has 0 spiro atoms. The van der Waals surface area contributed by atoms with Crippen LogP contribution in [0.3, 0.4) is 0 Å². The van der Waals surface area contributed by atoms with Crippen LogP contribution in [0.5, 0.6) is 5.75 Å². The number of rotatable bonds is 3. The predicted octanol–water partition coefficient (Wildman–Crippen LogP) is 3.39. The molecular weight excluding hydrogens is 262 g/mol. The fourth-order valence-electron chi connectivity index (χ4n) is 3.38. The summed E-state index contributed by atoms with van der Waals surface area (Å²) in [4.78, 5) is 5.68. The fraction of sp³-hybridized carbons (Fsp3) is 0.278. The summed E-state index contributed by atoms with van der Waals surface area (Å²) in [6, 6.07) is 18.6. The monoisotopic (exact) mass is 279 g/mol. The first-order valence-electron chi connectivity index (χ1n) is 7.19. The Hall–Kier alpha value is -2.29. The summed E-state index contributed by atoms with van der Waals surface area (Å²) in [5, 5.41) is 4.29. The zero-order valence-corrected chi connectivity index (χ0v) is 12.1. The molecule has 0 N–H and O–H groups in total. The molecule has 0 saturated heterocycles. The van der Waals surface area contributed by atoms with Crippen LogP contribution in [-0.2, 0) is 10.3 Å². The molecule has 1 fully saturated rings. The lowest BCUT2D eigenvalue weighted by Crippen LogP contribution is -2.15. The summed E-state index contributed by atoms with van der Waals surface area (Å²) in [6.45, 7) is 2.26. The maximum Gasteiger partial charge on any atom is 0.147 e. The van der Waals surface area contributed by atoms with Crippen LogP contribution >= 0.6 is 0 Å². The molecule has 4 rings (SSSR count). The van der Waals surface area contributed by atoms with Gasteiger partial charge in [0.1, 0.15) is 11.9 Å². The number of nitrogens with zero attached hydrogens (tertiary/aromatic N) is 1. The molecule has 0 unspecified atom stereocenters. The Morgan fingerprint density at radius 3 is 2.43 bits per heavy atom. The smallest absolute Gasteiger partial charge is 0.147 e. The van der Waals surface area contributed by atoms with Gasteiger partial charge in [-0.25, -0.2) is 0 Å². The second kappa shape index (κ2) is 4.35. The van der Waals surface area contributed by atoms with Crippen molar-refractivity contribution in [3.8, 4) is 5.75 Å². The van der Waals surface area contributed by atoms with Crippen molar-refractivity contribution in [2.45, 2.75) is 18.4 Å². The molecule has 1 saturated carbocycles. The van der Waals surface area contributed by atoms with E-state index in [1.165, 1.54) is 5.56 Å². The van der Waals surface area contributed by atoms with Crippen LogP contribution < -0.4 is 4.74 Å². The van der Waals surface area contributed by atoms with Crippen molar-refractivity contribution < 1.29 is 9.57 Å². The highest BCUT2D eigenvalue weighted by atomic mass is 16.7. The number of fused-ring (bicyclic) bond motifs is 1. The van der Waals surface area contributed by atoms with E-state index in [2.05, 4.69) is 36.3 Å². The number of ether oxygens (including phenoxy) is 1. The minimum atomic E-state index is 0.0400. The number of benzene rings is 2. The third kappa shape index (κ3) is 1.70. The van der Waals surface area contributed by atoms with Crippen molar-refractivity contribution in [1.29, 1.82) is 0 Å². The maximum atomic E-state index is 5.68. The van der Waals surface area contributed by atoms with Gasteiger partial charge >= 0.3 is 0 Å². The average Bonchev–Trinajstić information content (AvgIpc) is 2.94. The van der Waals surface area contributed by atoms with Crippen molar-refractivity contribution >= 4 is 5.71 Å². The van der Waals surface area contributed by atoms with Gasteiger partial charge in [0.25, 0.3) is 0 Å². The molecule has 106 valence electrons. The first-order valence-corrected chi connectivity index (χ1v) is 7.19. The van der Waals surface area contributed by atoms with Gasteiger partial charge in [0, 0.05) is 11.0 Å². The Labute approximate surface area is 124 Å². The third-order valence-corrected chi connectivity index (χ3v) is 4.77. The van der Waals surface area contributed by atoms with Crippen LogP contribution in [0.25, 0.3) is 0 Å². The molecule has 1 heterocycles. The van der Waals surface area contributed by atoms with Crippen LogP contribution in [0.2, 0.25) is 0 Å². The third-order valence-electron chi connectivity index (χ3n) is 4.77. The van der Waals surface area contributed by atoms with Crippen LogP contribution in [0.1, 0.15) is 18.1 Å². The minimum absolute atomic E-state index is 0.0400. The maximum absolute atomic E-state index is 5.68. The predicted molar refractivity (Wildman–Crippen MR) is 81.7 cm³/mol. The highest BCUT2D eigenvalue weighted by Crippen LogP contribution is 2.60. The summed E-state index contributed by atoms with van der Waals surface area (Å²) in [5.41, 5.74) is 3.52. The molecule has 1 aliphatic carbocycles. The molecule has 3 heteroatoms. The molecule has 0 radical (unpaired) electrons. The van der Waals surface area contributed by atoms with E-state index < -0.39 is 0 Å². The van der Waals surface area contributed by atoms with Crippen molar-refractivity contribution in [3.05, 3.63) is 65.7 Å². The molecule has 2 aromatic carbocycles. The topological polar surface area (TPSA) is 30.8 Å². The zero-order valence-electron chi connectivity index (χ0n) is 12.1. The molecule has 21 heavy (non-hydrogen) atoms. The highest BCUT2D eigenvalue weighted by molar-refractivity contribution is 6.06. The lowest BCUT2D eigenvalue weighted by atomic mass is 9.92. The van der Waals surface area contributed by atoms with Crippen molar-refractivity contribution in [3.63, 3.8) is 0 Å². The van der Waals surface area contributed by atoms with E-state index in [4.69, 9.17) is 9.57 Å². The van der Waals surface area contributed by atoms with E-state index in [-0.39, 0.29) is 11.5 Å². The fourth-order valence-corrected chi connectivity index (χ4v) is 3.38. The summed E-state index contributed by atoms with van der Waals surface area (Å²) in [7, 11) is 1.68. The summed E-state index contributed by atoms with van der Waals surface area (Å²) in [5.74, 6) is 1.20. The van der Waals surface area contributed by atoms with Gasteiger partial charge < -0.3 is 9.57 Å². The highest BCUT2D eigenvalue weighted by Gasteiger charge is 2.70. The van der Waals surface area contributed by atoms with Crippen LogP contribution in [0, 0.1) is 5.92 Å². The Morgan fingerprint density at radius 1 is 1.05 bits per heavy atom. The lowest BCUT2D eigenvalue weighted by molar-refractivity contribution is 0.122. The van der Waals surface area contributed by atoms with Gasteiger partial charge in [0.2, 0.25) is 0 Å². The Balaban J connectivity index is 1.65. The molecule has 2 aliphatic rings. The Bertz CT molecular complexity index is 693. The average molecular weight is 279 g/mol. The van der Waals surface area contributed by atoms with Crippen LogP contribution in [0.4, 0.5) is 0 Å². The van der Waals surface area contributed by atoms with E-state index in [0.717, 1.165) is 17.0 Å². The van der Waals surface area contributed by atoms with Gasteiger partial charge in [-0.2, -0.15) is 0 Å². The van der Waals surface area contributed by atoms with Gasteiger partial charge in [-0.3, -0.25) is 0 Å². The summed E-state index contributed by atoms with van der Waals surface area (Å²) < 4.78 is 5.21. The molecule has 0 amide bonds. The first kappa shape index (κ1) is 12.5. The molecule has 3 atom stereocenters.